The van der Waals surface area contributed by atoms with Crippen molar-refractivity contribution in [3.05, 3.63) is 44.9 Å². The molecule has 0 radical (unpaired) electrons. The van der Waals surface area contributed by atoms with Crippen LogP contribution in [0.2, 0.25) is 0 Å². The van der Waals surface area contributed by atoms with E-state index in [9.17, 15) is 19.1 Å². The molecule has 96 valence electrons. The van der Waals surface area contributed by atoms with E-state index in [1.165, 1.54) is 12.1 Å². The zero-order valence-electron chi connectivity index (χ0n) is 9.32. The molecule has 0 unspecified atom stereocenters. The number of halogens is 1. The van der Waals surface area contributed by atoms with Gasteiger partial charge in [-0.05, 0) is 12.1 Å². The molecular formula is C11H7FN4O3. The van der Waals surface area contributed by atoms with Crippen LogP contribution in [0.4, 0.5) is 4.39 Å². The summed E-state index contributed by atoms with van der Waals surface area (Å²) in [5.41, 5.74) is -1.57. The molecule has 1 aromatic carbocycles. The molecule has 8 heteroatoms. The maximum Gasteiger partial charge on any atom is 0.327 e. The summed E-state index contributed by atoms with van der Waals surface area (Å²) in [7, 11) is 0. The smallest absolute Gasteiger partial charge is 0.327 e. The SMILES string of the molecule is O=c1[nH]c(=O)c2[nH]c(-c3c(O)cccc3F)nc2[nH]1. The molecule has 19 heavy (non-hydrogen) atoms. The molecule has 2 heterocycles. The van der Waals surface area contributed by atoms with Gasteiger partial charge in [-0.3, -0.25) is 14.8 Å². The lowest BCUT2D eigenvalue weighted by Crippen LogP contribution is -2.21. The quantitative estimate of drug-likeness (QED) is 0.509. The minimum Gasteiger partial charge on any atom is -0.507 e. The van der Waals surface area contributed by atoms with Gasteiger partial charge in [-0.1, -0.05) is 6.07 Å². The Morgan fingerprint density at radius 3 is 2.68 bits per heavy atom. The van der Waals surface area contributed by atoms with Crippen molar-refractivity contribution >= 4 is 11.2 Å². The average molecular weight is 262 g/mol. The summed E-state index contributed by atoms with van der Waals surface area (Å²) in [4.78, 5) is 33.4. The van der Waals surface area contributed by atoms with Gasteiger partial charge in [0, 0.05) is 0 Å². The van der Waals surface area contributed by atoms with Gasteiger partial charge < -0.3 is 10.1 Å². The molecule has 0 saturated carbocycles. The number of H-pyrrole nitrogens is 3. The molecule has 3 rings (SSSR count). The molecule has 0 aliphatic heterocycles. The Hall–Kier alpha value is -2.90. The minimum absolute atomic E-state index is 0.00254. The lowest BCUT2D eigenvalue weighted by molar-refractivity contribution is 0.471. The van der Waals surface area contributed by atoms with Crippen LogP contribution < -0.4 is 11.2 Å². The van der Waals surface area contributed by atoms with Crippen molar-refractivity contribution in [2.45, 2.75) is 0 Å². The van der Waals surface area contributed by atoms with Gasteiger partial charge in [0.15, 0.2) is 5.65 Å². The summed E-state index contributed by atoms with van der Waals surface area (Å²) in [5, 5.41) is 9.64. The van der Waals surface area contributed by atoms with Crippen molar-refractivity contribution in [2.24, 2.45) is 0 Å². The summed E-state index contributed by atoms with van der Waals surface area (Å²) in [6, 6.07) is 3.78. The fraction of sp³-hybridized carbons (Fsp3) is 0. The largest absolute Gasteiger partial charge is 0.507 e. The highest BCUT2D eigenvalue weighted by atomic mass is 19.1. The van der Waals surface area contributed by atoms with E-state index in [0.29, 0.717) is 0 Å². The monoisotopic (exact) mass is 262 g/mol. The third-order valence-corrected chi connectivity index (χ3v) is 2.62. The highest BCUT2D eigenvalue weighted by Gasteiger charge is 2.16. The van der Waals surface area contributed by atoms with Gasteiger partial charge >= 0.3 is 5.69 Å². The van der Waals surface area contributed by atoms with Crippen molar-refractivity contribution in [3.8, 4) is 17.1 Å². The molecule has 0 amide bonds. The highest BCUT2D eigenvalue weighted by molar-refractivity contribution is 5.76. The van der Waals surface area contributed by atoms with Crippen molar-refractivity contribution in [1.82, 2.24) is 19.9 Å². The van der Waals surface area contributed by atoms with Crippen LogP contribution in [0.3, 0.4) is 0 Å². The number of nitrogens with zero attached hydrogens (tertiary/aromatic N) is 1. The molecule has 4 N–H and O–H groups in total. The third kappa shape index (κ3) is 1.69. The number of rotatable bonds is 1. The Balaban J connectivity index is 2.36. The Morgan fingerprint density at radius 2 is 1.95 bits per heavy atom. The molecule has 0 aliphatic rings. The highest BCUT2D eigenvalue weighted by Crippen LogP contribution is 2.29. The number of nitrogens with one attached hydrogen (secondary N) is 3. The van der Waals surface area contributed by atoms with Crippen molar-refractivity contribution in [3.63, 3.8) is 0 Å². The van der Waals surface area contributed by atoms with Crippen molar-refractivity contribution in [2.75, 3.05) is 0 Å². The Kier molecular flexibility index (Phi) is 2.24. The Morgan fingerprint density at radius 1 is 1.16 bits per heavy atom. The van der Waals surface area contributed by atoms with Gasteiger partial charge in [0.05, 0.1) is 5.56 Å². The van der Waals surface area contributed by atoms with E-state index in [1.807, 2.05) is 4.98 Å². The van der Waals surface area contributed by atoms with E-state index >= 15 is 0 Å². The van der Waals surface area contributed by atoms with Gasteiger partial charge in [-0.15, -0.1) is 0 Å². The van der Waals surface area contributed by atoms with Gasteiger partial charge in [-0.25, -0.2) is 14.2 Å². The summed E-state index contributed by atoms with van der Waals surface area (Å²) in [5.74, 6) is -1.06. The zero-order chi connectivity index (χ0) is 13.6. The first kappa shape index (κ1) is 11.2. The molecular weight excluding hydrogens is 255 g/mol. The topological polar surface area (TPSA) is 115 Å². The van der Waals surface area contributed by atoms with E-state index in [2.05, 4.69) is 15.0 Å². The molecule has 0 atom stereocenters. The number of hydrogen-bond donors (Lipinski definition) is 4. The van der Waals surface area contributed by atoms with Crippen molar-refractivity contribution in [1.29, 1.82) is 0 Å². The average Bonchev–Trinajstić information content (AvgIpc) is 2.72. The number of fused-ring (bicyclic) bond motifs is 1. The van der Waals surface area contributed by atoms with Crippen LogP contribution >= 0.6 is 0 Å². The fourth-order valence-electron chi connectivity index (χ4n) is 1.80. The van der Waals surface area contributed by atoms with Crippen LogP contribution in [0.1, 0.15) is 0 Å². The van der Waals surface area contributed by atoms with Crippen LogP contribution in [0, 0.1) is 5.82 Å². The van der Waals surface area contributed by atoms with E-state index in [1.54, 1.807) is 0 Å². The maximum absolute atomic E-state index is 13.7. The van der Waals surface area contributed by atoms with Gasteiger partial charge in [0.25, 0.3) is 5.56 Å². The number of aromatic amines is 3. The molecule has 2 aromatic heterocycles. The first-order valence-corrected chi connectivity index (χ1v) is 5.26. The molecule has 0 aliphatic carbocycles. The lowest BCUT2D eigenvalue weighted by Gasteiger charge is -2.01. The first-order valence-electron chi connectivity index (χ1n) is 5.26. The van der Waals surface area contributed by atoms with E-state index in [-0.39, 0.29) is 28.3 Å². The number of imidazole rings is 1. The molecule has 0 spiro atoms. The number of phenolic OH excluding ortho intramolecular Hbond substituents is 1. The molecule has 7 nitrogen and oxygen atoms in total. The number of hydrogen-bond acceptors (Lipinski definition) is 4. The zero-order valence-corrected chi connectivity index (χ0v) is 9.32. The summed E-state index contributed by atoms with van der Waals surface area (Å²) in [6.45, 7) is 0. The normalized spacial score (nSPS) is 11.0. The van der Waals surface area contributed by atoms with E-state index in [4.69, 9.17) is 0 Å². The van der Waals surface area contributed by atoms with Gasteiger partial charge in [0.1, 0.15) is 22.9 Å². The molecule has 0 fully saturated rings. The molecule has 0 bridgehead atoms. The second-order valence-corrected chi connectivity index (χ2v) is 3.85. The predicted octanol–water partition coefficient (Wildman–Crippen LogP) is 0.451. The van der Waals surface area contributed by atoms with E-state index < -0.39 is 17.1 Å². The summed E-state index contributed by atoms with van der Waals surface area (Å²) >= 11 is 0. The third-order valence-electron chi connectivity index (χ3n) is 2.62. The van der Waals surface area contributed by atoms with Crippen LogP contribution in [-0.4, -0.2) is 25.0 Å². The molecule has 3 aromatic rings. The second kappa shape index (κ2) is 3.80. The summed E-state index contributed by atoms with van der Waals surface area (Å²) in [6.07, 6.45) is 0. The van der Waals surface area contributed by atoms with Crippen LogP contribution in [0.25, 0.3) is 22.6 Å². The van der Waals surface area contributed by atoms with Crippen LogP contribution in [0.15, 0.2) is 27.8 Å². The Labute approximate surface area is 103 Å². The first-order chi connectivity index (χ1) is 9.06. The van der Waals surface area contributed by atoms with Gasteiger partial charge in [-0.2, -0.15) is 0 Å². The summed E-state index contributed by atoms with van der Waals surface area (Å²) < 4.78 is 13.7. The number of aromatic nitrogens is 4. The Bertz CT molecular complexity index is 873. The number of aromatic hydroxyl groups is 1. The van der Waals surface area contributed by atoms with Gasteiger partial charge in [0.2, 0.25) is 0 Å². The van der Waals surface area contributed by atoms with Crippen molar-refractivity contribution < 1.29 is 9.50 Å². The second-order valence-electron chi connectivity index (χ2n) is 3.85. The molecule has 0 saturated heterocycles. The maximum atomic E-state index is 13.7. The minimum atomic E-state index is -0.715. The van der Waals surface area contributed by atoms with Crippen LogP contribution in [-0.2, 0) is 0 Å². The van der Waals surface area contributed by atoms with Crippen LogP contribution in [0.5, 0.6) is 5.75 Å². The number of phenols is 1. The number of benzene rings is 1. The fourth-order valence-corrected chi connectivity index (χ4v) is 1.80. The predicted molar refractivity (Wildman–Crippen MR) is 64.4 cm³/mol. The van der Waals surface area contributed by atoms with E-state index in [0.717, 1.165) is 6.07 Å². The standard InChI is InChI=1S/C11H7FN4O3/c12-4-2-1-3-5(17)6(4)8-13-7-9(14-8)15-11(19)16-10(7)18/h1-3,17H,(H3,13,14,15,16,18,19). The lowest BCUT2D eigenvalue weighted by atomic mass is 10.2.